The molecule has 1 saturated carbocycles. The van der Waals surface area contributed by atoms with Gasteiger partial charge in [0.1, 0.15) is 0 Å². The number of carbonyl (C=O) groups is 2. The van der Waals surface area contributed by atoms with E-state index in [2.05, 4.69) is 0 Å². The third-order valence-corrected chi connectivity index (χ3v) is 3.44. The highest BCUT2D eigenvalue weighted by Gasteiger charge is 2.74. The predicted octanol–water partition coefficient (Wildman–Crippen LogP) is 1.24. The van der Waals surface area contributed by atoms with Gasteiger partial charge in [0, 0.05) is 0 Å². The molecule has 0 aromatic rings. The van der Waals surface area contributed by atoms with Crippen LogP contribution in [0.25, 0.3) is 0 Å². The van der Waals surface area contributed by atoms with Gasteiger partial charge in [0.15, 0.2) is 5.41 Å². The number of hydrogen-bond donors (Lipinski definition) is 0. The molecule has 0 bridgehead atoms. The Labute approximate surface area is 89.9 Å². The SMILES string of the molecule is COC(=O)C1(C(=O)OC)[C@H](C(C)C)[C@@H]1C. The molecule has 86 valence electrons. The lowest BCUT2D eigenvalue weighted by Gasteiger charge is -2.13. The normalized spacial score (nSPS) is 27.3. The third-order valence-electron chi connectivity index (χ3n) is 3.44. The summed E-state index contributed by atoms with van der Waals surface area (Å²) in [5.74, 6) is -0.658. The first kappa shape index (κ1) is 12.0. The molecule has 0 heterocycles. The Kier molecular flexibility index (Phi) is 3.07. The van der Waals surface area contributed by atoms with E-state index < -0.39 is 17.4 Å². The van der Waals surface area contributed by atoms with E-state index in [1.807, 2.05) is 20.8 Å². The monoisotopic (exact) mass is 214 g/mol. The summed E-state index contributed by atoms with van der Waals surface area (Å²) in [6.07, 6.45) is 0. The summed E-state index contributed by atoms with van der Waals surface area (Å²) in [6, 6.07) is 0. The molecular weight excluding hydrogens is 196 g/mol. The predicted molar refractivity (Wildman–Crippen MR) is 54.0 cm³/mol. The van der Waals surface area contributed by atoms with Gasteiger partial charge in [0.25, 0.3) is 0 Å². The van der Waals surface area contributed by atoms with E-state index in [9.17, 15) is 9.59 Å². The summed E-state index contributed by atoms with van der Waals surface area (Å²) in [5, 5.41) is 0. The maximum Gasteiger partial charge on any atom is 0.323 e. The third kappa shape index (κ3) is 1.43. The van der Waals surface area contributed by atoms with Crippen LogP contribution < -0.4 is 0 Å². The molecule has 0 spiro atoms. The first-order valence-electron chi connectivity index (χ1n) is 5.11. The molecule has 1 fully saturated rings. The van der Waals surface area contributed by atoms with Crippen molar-refractivity contribution in [2.45, 2.75) is 20.8 Å². The highest BCUT2D eigenvalue weighted by molar-refractivity contribution is 6.04. The molecule has 4 heteroatoms. The van der Waals surface area contributed by atoms with Crippen molar-refractivity contribution >= 4 is 11.9 Å². The summed E-state index contributed by atoms with van der Waals surface area (Å²) in [6.45, 7) is 5.88. The standard InChI is InChI=1S/C11H18O4/c1-6(2)8-7(3)11(8,9(12)14-4)10(13)15-5/h6-8H,1-5H3/t7-,8+/m0/s1. The van der Waals surface area contributed by atoms with Crippen LogP contribution in [0, 0.1) is 23.2 Å². The number of ether oxygens (including phenoxy) is 2. The van der Waals surface area contributed by atoms with E-state index in [0.717, 1.165) is 0 Å². The van der Waals surface area contributed by atoms with Crippen LogP contribution in [0.2, 0.25) is 0 Å². The molecule has 1 aliphatic rings. The van der Waals surface area contributed by atoms with Gasteiger partial charge < -0.3 is 9.47 Å². The summed E-state index contributed by atoms with van der Waals surface area (Å²) in [5.41, 5.74) is -1.06. The Balaban J connectivity index is 3.02. The summed E-state index contributed by atoms with van der Waals surface area (Å²) < 4.78 is 9.42. The molecule has 0 amide bonds. The van der Waals surface area contributed by atoms with E-state index in [4.69, 9.17) is 9.47 Å². The molecule has 0 radical (unpaired) electrons. The van der Waals surface area contributed by atoms with Crippen LogP contribution in [0.4, 0.5) is 0 Å². The van der Waals surface area contributed by atoms with E-state index in [1.54, 1.807) is 0 Å². The van der Waals surface area contributed by atoms with E-state index in [1.165, 1.54) is 14.2 Å². The zero-order valence-electron chi connectivity index (χ0n) is 9.87. The first-order chi connectivity index (χ1) is 6.94. The molecule has 2 atom stereocenters. The van der Waals surface area contributed by atoms with Crippen molar-refractivity contribution in [3.63, 3.8) is 0 Å². The molecule has 4 nitrogen and oxygen atoms in total. The van der Waals surface area contributed by atoms with Crippen molar-refractivity contribution in [3.05, 3.63) is 0 Å². The van der Waals surface area contributed by atoms with Crippen LogP contribution in [-0.4, -0.2) is 26.2 Å². The minimum atomic E-state index is -1.06. The van der Waals surface area contributed by atoms with E-state index in [-0.39, 0.29) is 17.8 Å². The van der Waals surface area contributed by atoms with Gasteiger partial charge in [-0.05, 0) is 17.8 Å². The largest absolute Gasteiger partial charge is 0.468 e. The molecule has 0 N–H and O–H groups in total. The molecule has 0 aromatic heterocycles. The lowest BCUT2D eigenvalue weighted by atomic mass is 9.97. The maximum atomic E-state index is 11.7. The summed E-state index contributed by atoms with van der Waals surface area (Å²) >= 11 is 0. The van der Waals surface area contributed by atoms with Gasteiger partial charge in [-0.15, -0.1) is 0 Å². The number of esters is 2. The number of methoxy groups -OCH3 is 2. The van der Waals surface area contributed by atoms with Gasteiger partial charge >= 0.3 is 11.9 Å². The molecule has 0 saturated heterocycles. The second kappa shape index (κ2) is 3.83. The summed E-state index contributed by atoms with van der Waals surface area (Å²) in [7, 11) is 2.60. The van der Waals surface area contributed by atoms with Gasteiger partial charge in [-0.3, -0.25) is 9.59 Å². The van der Waals surface area contributed by atoms with Gasteiger partial charge in [0.05, 0.1) is 14.2 Å². The summed E-state index contributed by atoms with van der Waals surface area (Å²) in [4.78, 5) is 23.4. The minimum Gasteiger partial charge on any atom is -0.468 e. The van der Waals surface area contributed by atoms with Gasteiger partial charge in [0.2, 0.25) is 0 Å². The fourth-order valence-corrected chi connectivity index (χ4v) is 2.76. The Morgan fingerprint density at radius 2 is 1.53 bits per heavy atom. The number of hydrogen-bond acceptors (Lipinski definition) is 4. The van der Waals surface area contributed by atoms with Crippen LogP contribution in [0.3, 0.4) is 0 Å². The van der Waals surface area contributed by atoms with Crippen molar-refractivity contribution in [3.8, 4) is 0 Å². The lowest BCUT2D eigenvalue weighted by Crippen LogP contribution is -2.32. The second-order valence-electron chi connectivity index (χ2n) is 4.41. The molecule has 1 aliphatic carbocycles. The second-order valence-corrected chi connectivity index (χ2v) is 4.41. The average molecular weight is 214 g/mol. The number of rotatable bonds is 3. The Bertz CT molecular complexity index is 266. The molecule has 0 unspecified atom stereocenters. The van der Waals surface area contributed by atoms with Gasteiger partial charge in [-0.2, -0.15) is 0 Å². The molecular formula is C11H18O4. The zero-order chi connectivity index (χ0) is 11.8. The van der Waals surface area contributed by atoms with E-state index in [0.29, 0.717) is 0 Å². The fourth-order valence-electron chi connectivity index (χ4n) is 2.76. The maximum absolute atomic E-state index is 11.7. The minimum absolute atomic E-state index is 0.00241. The van der Waals surface area contributed by atoms with Crippen LogP contribution >= 0.6 is 0 Å². The van der Waals surface area contributed by atoms with Crippen LogP contribution in [0.15, 0.2) is 0 Å². The highest BCUT2D eigenvalue weighted by atomic mass is 16.5. The molecule has 0 aromatic carbocycles. The quantitative estimate of drug-likeness (QED) is 0.524. The zero-order valence-corrected chi connectivity index (χ0v) is 9.87. The smallest absolute Gasteiger partial charge is 0.323 e. The van der Waals surface area contributed by atoms with Crippen molar-refractivity contribution in [2.75, 3.05) is 14.2 Å². The Hall–Kier alpha value is -1.06. The van der Waals surface area contributed by atoms with Crippen LogP contribution in [0.1, 0.15) is 20.8 Å². The average Bonchev–Trinajstić information content (AvgIpc) is 2.83. The molecule has 0 aliphatic heterocycles. The topological polar surface area (TPSA) is 52.6 Å². The Morgan fingerprint density at radius 3 is 1.73 bits per heavy atom. The van der Waals surface area contributed by atoms with E-state index >= 15 is 0 Å². The molecule has 15 heavy (non-hydrogen) atoms. The van der Waals surface area contributed by atoms with Crippen molar-refractivity contribution in [1.82, 2.24) is 0 Å². The molecule has 1 rings (SSSR count). The van der Waals surface area contributed by atoms with Gasteiger partial charge in [-0.25, -0.2) is 0 Å². The lowest BCUT2D eigenvalue weighted by molar-refractivity contribution is -0.163. The van der Waals surface area contributed by atoms with Gasteiger partial charge in [-0.1, -0.05) is 20.8 Å². The number of carbonyl (C=O) groups excluding carboxylic acids is 2. The van der Waals surface area contributed by atoms with Crippen molar-refractivity contribution in [1.29, 1.82) is 0 Å². The first-order valence-corrected chi connectivity index (χ1v) is 5.11. The highest BCUT2D eigenvalue weighted by Crippen LogP contribution is 2.63. The van der Waals surface area contributed by atoms with Crippen molar-refractivity contribution in [2.24, 2.45) is 23.2 Å². The van der Waals surface area contributed by atoms with Crippen LogP contribution in [-0.2, 0) is 19.1 Å². The van der Waals surface area contributed by atoms with Crippen LogP contribution in [0.5, 0.6) is 0 Å². The fraction of sp³-hybridized carbons (Fsp3) is 0.818. The van der Waals surface area contributed by atoms with Crippen molar-refractivity contribution < 1.29 is 19.1 Å². The Morgan fingerprint density at radius 1 is 1.13 bits per heavy atom.